The standard InChI is InChI=1S/C20H24N6O.HI/c1-21-20(25(2)14-16-9-7-8-12-18(16)27-3)22-13-19-24-23-15-26(19)17-10-5-4-6-11-17;/h4-12,15H,13-14H2,1-3H3,(H,21,22);1H. The number of aromatic nitrogens is 3. The van der Waals surface area contributed by atoms with E-state index in [1.165, 1.54) is 0 Å². The maximum Gasteiger partial charge on any atom is 0.194 e. The molecule has 0 bridgehead atoms. The molecule has 0 saturated heterocycles. The average Bonchev–Trinajstić information content (AvgIpc) is 3.18. The summed E-state index contributed by atoms with van der Waals surface area (Å²) in [6, 6.07) is 18.0. The van der Waals surface area contributed by atoms with Gasteiger partial charge in [-0.2, -0.15) is 0 Å². The average molecular weight is 492 g/mol. The summed E-state index contributed by atoms with van der Waals surface area (Å²) in [5.74, 6) is 2.44. The van der Waals surface area contributed by atoms with Crippen molar-refractivity contribution >= 4 is 29.9 Å². The number of nitrogens with one attached hydrogen (secondary N) is 1. The quantitative estimate of drug-likeness (QED) is 0.326. The van der Waals surface area contributed by atoms with Gasteiger partial charge in [-0.05, 0) is 18.2 Å². The predicted molar refractivity (Wildman–Crippen MR) is 121 cm³/mol. The molecule has 0 radical (unpaired) electrons. The number of hydrogen-bond acceptors (Lipinski definition) is 4. The van der Waals surface area contributed by atoms with Gasteiger partial charge in [0.25, 0.3) is 0 Å². The first-order chi connectivity index (χ1) is 13.2. The van der Waals surface area contributed by atoms with Gasteiger partial charge in [0.1, 0.15) is 12.1 Å². The Balaban J connectivity index is 0.00000280. The summed E-state index contributed by atoms with van der Waals surface area (Å²) in [5, 5.41) is 11.6. The largest absolute Gasteiger partial charge is 0.496 e. The van der Waals surface area contributed by atoms with Crippen molar-refractivity contribution in [1.82, 2.24) is 25.0 Å². The lowest BCUT2D eigenvalue weighted by atomic mass is 10.2. The summed E-state index contributed by atoms with van der Waals surface area (Å²) in [5.41, 5.74) is 2.12. The van der Waals surface area contributed by atoms with E-state index in [-0.39, 0.29) is 24.0 Å². The number of hydrogen-bond donors (Lipinski definition) is 1. The third-order valence-corrected chi connectivity index (χ3v) is 4.23. The number of para-hydroxylation sites is 2. The number of ether oxygens (including phenoxy) is 1. The van der Waals surface area contributed by atoms with Gasteiger partial charge in [0.15, 0.2) is 11.8 Å². The van der Waals surface area contributed by atoms with Crippen molar-refractivity contribution in [1.29, 1.82) is 0 Å². The van der Waals surface area contributed by atoms with E-state index in [0.717, 1.165) is 28.8 Å². The Bertz CT molecular complexity index is 896. The zero-order chi connectivity index (χ0) is 19.1. The molecule has 7 nitrogen and oxygen atoms in total. The van der Waals surface area contributed by atoms with Gasteiger partial charge < -0.3 is 15.0 Å². The van der Waals surface area contributed by atoms with Gasteiger partial charge in [-0.1, -0.05) is 36.4 Å². The molecule has 0 atom stereocenters. The number of benzene rings is 2. The molecular formula is C20H25IN6O. The number of guanidine groups is 1. The monoisotopic (exact) mass is 492 g/mol. The predicted octanol–water partition coefficient (Wildman–Crippen LogP) is 3.10. The van der Waals surface area contributed by atoms with Crippen LogP contribution in [0.4, 0.5) is 0 Å². The third kappa shape index (κ3) is 5.22. The molecule has 148 valence electrons. The van der Waals surface area contributed by atoms with Crippen molar-refractivity contribution in [3.63, 3.8) is 0 Å². The fourth-order valence-corrected chi connectivity index (χ4v) is 2.89. The van der Waals surface area contributed by atoms with Gasteiger partial charge >= 0.3 is 0 Å². The first kappa shape index (κ1) is 21.7. The van der Waals surface area contributed by atoms with Gasteiger partial charge in [0.2, 0.25) is 0 Å². The molecule has 0 spiro atoms. The first-order valence-electron chi connectivity index (χ1n) is 8.71. The van der Waals surface area contributed by atoms with E-state index >= 15 is 0 Å². The molecule has 0 aliphatic rings. The van der Waals surface area contributed by atoms with Crippen LogP contribution in [-0.4, -0.2) is 46.8 Å². The Kier molecular flexibility index (Phi) is 8.24. The lowest BCUT2D eigenvalue weighted by Crippen LogP contribution is -2.38. The molecule has 0 aliphatic heterocycles. The van der Waals surface area contributed by atoms with Crippen LogP contribution in [0.2, 0.25) is 0 Å². The zero-order valence-corrected chi connectivity index (χ0v) is 18.6. The normalized spacial score (nSPS) is 10.9. The second-order valence-electron chi connectivity index (χ2n) is 6.02. The van der Waals surface area contributed by atoms with E-state index < -0.39 is 0 Å². The highest BCUT2D eigenvalue weighted by molar-refractivity contribution is 14.0. The molecule has 0 unspecified atom stereocenters. The van der Waals surface area contributed by atoms with Crippen molar-refractivity contribution in [3.8, 4) is 11.4 Å². The van der Waals surface area contributed by atoms with Gasteiger partial charge in [0, 0.05) is 31.9 Å². The highest BCUT2D eigenvalue weighted by Gasteiger charge is 2.12. The molecular weight excluding hydrogens is 467 g/mol. The molecule has 0 amide bonds. The van der Waals surface area contributed by atoms with Crippen LogP contribution in [0.15, 0.2) is 65.9 Å². The van der Waals surface area contributed by atoms with Gasteiger partial charge in [-0.15, -0.1) is 34.2 Å². The third-order valence-electron chi connectivity index (χ3n) is 4.23. The van der Waals surface area contributed by atoms with Crippen LogP contribution in [0.1, 0.15) is 11.4 Å². The summed E-state index contributed by atoms with van der Waals surface area (Å²) in [6.45, 7) is 1.19. The van der Waals surface area contributed by atoms with E-state index in [2.05, 4.69) is 26.6 Å². The Morgan fingerprint density at radius 2 is 1.86 bits per heavy atom. The van der Waals surface area contributed by atoms with Crippen LogP contribution in [0.5, 0.6) is 5.75 Å². The fourth-order valence-electron chi connectivity index (χ4n) is 2.89. The van der Waals surface area contributed by atoms with Crippen molar-refractivity contribution in [2.75, 3.05) is 21.2 Å². The smallest absolute Gasteiger partial charge is 0.194 e. The highest BCUT2D eigenvalue weighted by Crippen LogP contribution is 2.18. The maximum atomic E-state index is 5.43. The van der Waals surface area contributed by atoms with Gasteiger partial charge in [-0.3, -0.25) is 9.56 Å². The second kappa shape index (κ2) is 10.6. The molecule has 1 N–H and O–H groups in total. The number of aliphatic imine (C=N–C) groups is 1. The molecule has 3 rings (SSSR count). The zero-order valence-electron chi connectivity index (χ0n) is 16.2. The van der Waals surface area contributed by atoms with Crippen LogP contribution in [-0.2, 0) is 13.1 Å². The molecule has 3 aromatic rings. The molecule has 0 saturated carbocycles. The van der Waals surface area contributed by atoms with Gasteiger partial charge in [-0.25, -0.2) is 0 Å². The van der Waals surface area contributed by atoms with Crippen LogP contribution >= 0.6 is 24.0 Å². The topological polar surface area (TPSA) is 67.6 Å². The van der Waals surface area contributed by atoms with Gasteiger partial charge in [0.05, 0.1) is 13.7 Å². The van der Waals surface area contributed by atoms with Crippen LogP contribution in [0, 0.1) is 0 Å². The van der Waals surface area contributed by atoms with E-state index in [4.69, 9.17) is 4.74 Å². The molecule has 28 heavy (non-hydrogen) atoms. The van der Waals surface area contributed by atoms with Crippen molar-refractivity contribution in [2.45, 2.75) is 13.1 Å². The van der Waals surface area contributed by atoms with E-state index in [9.17, 15) is 0 Å². The maximum absolute atomic E-state index is 5.43. The number of nitrogens with zero attached hydrogens (tertiary/aromatic N) is 5. The van der Waals surface area contributed by atoms with Crippen LogP contribution in [0.3, 0.4) is 0 Å². The Morgan fingerprint density at radius 3 is 2.57 bits per heavy atom. The minimum Gasteiger partial charge on any atom is -0.496 e. The summed E-state index contributed by atoms with van der Waals surface area (Å²) in [4.78, 5) is 6.42. The lowest BCUT2D eigenvalue weighted by Gasteiger charge is -2.23. The van der Waals surface area contributed by atoms with E-state index in [1.54, 1.807) is 20.5 Å². The summed E-state index contributed by atoms with van der Waals surface area (Å²) >= 11 is 0. The second-order valence-corrected chi connectivity index (χ2v) is 6.02. The molecule has 2 aromatic carbocycles. The van der Waals surface area contributed by atoms with Crippen molar-refractivity contribution < 1.29 is 4.74 Å². The molecule has 1 aromatic heterocycles. The summed E-state index contributed by atoms with van der Waals surface area (Å²) < 4.78 is 7.39. The van der Waals surface area contributed by atoms with Crippen LogP contribution in [0.25, 0.3) is 5.69 Å². The number of rotatable bonds is 6. The molecule has 0 aliphatic carbocycles. The first-order valence-corrected chi connectivity index (χ1v) is 8.71. The summed E-state index contributed by atoms with van der Waals surface area (Å²) in [7, 11) is 5.44. The lowest BCUT2D eigenvalue weighted by molar-refractivity contribution is 0.396. The Hall–Kier alpha value is -2.62. The minimum absolute atomic E-state index is 0. The molecule has 8 heteroatoms. The highest BCUT2D eigenvalue weighted by atomic mass is 127. The Labute approximate surface area is 182 Å². The van der Waals surface area contributed by atoms with Crippen LogP contribution < -0.4 is 10.1 Å². The van der Waals surface area contributed by atoms with E-state index in [0.29, 0.717) is 13.1 Å². The fraction of sp³-hybridized carbons (Fsp3) is 0.250. The Morgan fingerprint density at radius 1 is 1.14 bits per heavy atom. The van der Waals surface area contributed by atoms with Crippen molar-refractivity contribution in [3.05, 3.63) is 72.3 Å². The van der Waals surface area contributed by atoms with Crippen molar-refractivity contribution in [2.24, 2.45) is 4.99 Å². The minimum atomic E-state index is 0. The SMILES string of the molecule is CN=C(NCc1nncn1-c1ccccc1)N(C)Cc1ccccc1OC.I. The molecule has 0 fully saturated rings. The number of halogens is 1. The molecule has 1 heterocycles. The van der Waals surface area contributed by atoms with E-state index in [1.807, 2.05) is 65.0 Å². The number of methoxy groups -OCH3 is 1. The summed E-state index contributed by atoms with van der Waals surface area (Å²) in [6.07, 6.45) is 1.72.